The highest BCUT2D eigenvalue weighted by Gasteiger charge is 2.45. The molecule has 1 aromatic carbocycles. The van der Waals surface area contributed by atoms with E-state index in [1.807, 2.05) is 60.5 Å². The van der Waals surface area contributed by atoms with Crippen molar-refractivity contribution in [1.82, 2.24) is 25.3 Å². The van der Waals surface area contributed by atoms with Gasteiger partial charge in [0, 0.05) is 34.2 Å². The number of hydrogen-bond acceptors (Lipinski definition) is 10. The van der Waals surface area contributed by atoms with Crippen molar-refractivity contribution >= 4 is 29.6 Å². The number of carbonyl (C=O) groups is 5. The molecule has 55 heavy (non-hydrogen) atoms. The minimum Gasteiger partial charge on any atom is -0.508 e. The molecule has 0 aromatic heterocycles. The third kappa shape index (κ3) is 12.6. The summed E-state index contributed by atoms with van der Waals surface area (Å²) in [5.41, 5.74) is 0.599. The van der Waals surface area contributed by atoms with Crippen LogP contribution in [0.4, 0.5) is 0 Å². The third-order valence-corrected chi connectivity index (χ3v) is 11.0. The highest BCUT2D eigenvalue weighted by molar-refractivity contribution is 5.90. The predicted octanol–water partition coefficient (Wildman–Crippen LogP) is 2.12. The Bertz CT molecular complexity index is 1420. The lowest BCUT2D eigenvalue weighted by Crippen LogP contribution is -2.59. The second-order valence-corrected chi connectivity index (χ2v) is 15.9. The molecule has 1 aliphatic rings. The maximum Gasteiger partial charge on any atom is 0.326 e. The number of ether oxygens (including phenoxy) is 2. The summed E-state index contributed by atoms with van der Waals surface area (Å²) in [4.78, 5) is 72.3. The van der Waals surface area contributed by atoms with Gasteiger partial charge in [-0.15, -0.1) is 0 Å². The van der Waals surface area contributed by atoms with E-state index in [2.05, 4.69) is 10.6 Å². The number of carboxylic acids is 1. The molecule has 0 aliphatic carbocycles. The van der Waals surface area contributed by atoms with E-state index in [4.69, 9.17) is 9.47 Å². The number of aromatic hydroxyl groups is 1. The van der Waals surface area contributed by atoms with Crippen LogP contribution in [0.25, 0.3) is 0 Å². The van der Waals surface area contributed by atoms with E-state index in [9.17, 15) is 39.3 Å². The lowest BCUT2D eigenvalue weighted by Gasteiger charge is -2.41. The summed E-state index contributed by atoms with van der Waals surface area (Å²) in [5.74, 6) is -3.98. The fourth-order valence-electron chi connectivity index (χ4n) is 7.78. The van der Waals surface area contributed by atoms with Crippen molar-refractivity contribution in [3.05, 3.63) is 29.8 Å². The number of amides is 4. The SMILES string of the molecule is CC[C@H](C)[C@@H]([C@@H](CC(=O)N1C[C@H](O)C[C@H]1[C@H](OC)[C@@H](C)C(=O)N[C@@H](Cc1ccc(O)cc1)C(=O)O)OC)N(C)C(=O)[C@@H](NC(=O)[C@H](C(C)C)N(C)C)C(C)C. The van der Waals surface area contributed by atoms with Crippen LogP contribution in [0.5, 0.6) is 5.75 Å². The molecule has 1 heterocycles. The van der Waals surface area contributed by atoms with Crippen LogP contribution in [-0.2, 0) is 39.9 Å². The van der Waals surface area contributed by atoms with Gasteiger partial charge in [-0.3, -0.25) is 24.1 Å². The number of β-amino-alcohol motifs (C(OH)–C–C–N with tert-alkyl or cyclic N) is 1. The summed E-state index contributed by atoms with van der Waals surface area (Å²) in [7, 11) is 8.20. The average Bonchev–Trinajstić information content (AvgIpc) is 3.50. The van der Waals surface area contributed by atoms with Crippen LogP contribution in [0.2, 0.25) is 0 Å². The molecule has 1 aromatic rings. The first-order valence-corrected chi connectivity index (χ1v) is 19.3. The number of phenols is 1. The minimum absolute atomic E-state index is 0.00799. The summed E-state index contributed by atoms with van der Waals surface area (Å²) in [6.07, 6.45) is -1.93. The van der Waals surface area contributed by atoms with Crippen molar-refractivity contribution in [3.8, 4) is 5.75 Å². The second-order valence-electron chi connectivity index (χ2n) is 15.9. The first-order valence-electron chi connectivity index (χ1n) is 19.3. The quantitative estimate of drug-likeness (QED) is 0.123. The van der Waals surface area contributed by atoms with Crippen LogP contribution in [0, 0.1) is 23.7 Å². The monoisotopic (exact) mass is 777 g/mol. The number of nitrogens with zero attached hydrogens (tertiary/aromatic N) is 3. The summed E-state index contributed by atoms with van der Waals surface area (Å²) in [5, 5.41) is 35.8. The molecule has 10 atom stereocenters. The number of likely N-dealkylation sites (tertiary alicyclic amines) is 1. The Labute approximate surface area is 327 Å². The zero-order chi connectivity index (χ0) is 41.9. The lowest BCUT2D eigenvalue weighted by atomic mass is 9.89. The number of methoxy groups -OCH3 is 2. The van der Waals surface area contributed by atoms with Gasteiger partial charge in [0.25, 0.3) is 0 Å². The minimum atomic E-state index is -1.27. The van der Waals surface area contributed by atoms with Crippen LogP contribution in [0.3, 0.4) is 0 Å². The Kier molecular flexibility index (Phi) is 18.5. The van der Waals surface area contributed by atoms with Crippen molar-refractivity contribution in [2.75, 3.05) is 41.9 Å². The van der Waals surface area contributed by atoms with E-state index in [-0.39, 0.29) is 67.0 Å². The lowest BCUT2D eigenvalue weighted by molar-refractivity contribution is -0.148. The van der Waals surface area contributed by atoms with Gasteiger partial charge in [0.2, 0.25) is 23.6 Å². The fraction of sp³-hybridized carbons (Fsp3) is 0.725. The number of aliphatic hydroxyl groups is 1. The molecule has 0 spiro atoms. The van der Waals surface area contributed by atoms with E-state index < -0.39 is 66.3 Å². The second kappa shape index (κ2) is 21.5. The van der Waals surface area contributed by atoms with Crippen LogP contribution >= 0.6 is 0 Å². The van der Waals surface area contributed by atoms with E-state index in [0.717, 1.165) is 0 Å². The Hall–Kier alpha value is -3.79. The van der Waals surface area contributed by atoms with Crippen molar-refractivity contribution in [2.45, 2.75) is 123 Å². The van der Waals surface area contributed by atoms with Gasteiger partial charge in [0.1, 0.15) is 17.8 Å². The normalized spacial score (nSPS) is 20.3. The van der Waals surface area contributed by atoms with Crippen LogP contribution in [0.15, 0.2) is 24.3 Å². The third-order valence-electron chi connectivity index (χ3n) is 11.0. The van der Waals surface area contributed by atoms with Gasteiger partial charge < -0.3 is 45.2 Å². The topological polar surface area (TPSA) is 198 Å². The number of rotatable bonds is 21. The highest BCUT2D eigenvalue weighted by atomic mass is 16.5. The van der Waals surface area contributed by atoms with Gasteiger partial charge in [-0.05, 0) is 56.0 Å². The largest absolute Gasteiger partial charge is 0.508 e. The molecule has 1 aliphatic heterocycles. The number of aliphatic hydroxyl groups excluding tert-OH is 1. The van der Waals surface area contributed by atoms with Crippen molar-refractivity contribution in [3.63, 3.8) is 0 Å². The highest BCUT2D eigenvalue weighted by Crippen LogP contribution is 2.30. The van der Waals surface area contributed by atoms with Crippen LogP contribution in [-0.4, -0.2) is 150 Å². The molecule has 0 unspecified atom stereocenters. The Morgan fingerprint density at radius 2 is 1.51 bits per heavy atom. The molecule has 1 fully saturated rings. The number of nitrogens with one attached hydrogen (secondary N) is 2. The van der Waals surface area contributed by atoms with Gasteiger partial charge in [0.15, 0.2) is 0 Å². The summed E-state index contributed by atoms with van der Waals surface area (Å²) < 4.78 is 11.7. The number of phenolic OH excluding ortho intramolecular Hbond substituents is 1. The molecule has 0 bridgehead atoms. The maximum atomic E-state index is 14.2. The van der Waals surface area contributed by atoms with Gasteiger partial charge in [-0.2, -0.15) is 0 Å². The van der Waals surface area contributed by atoms with E-state index in [1.165, 1.54) is 31.3 Å². The molecular formula is C40H67N5O10. The van der Waals surface area contributed by atoms with Gasteiger partial charge in [-0.1, -0.05) is 67.0 Å². The van der Waals surface area contributed by atoms with E-state index in [1.54, 1.807) is 31.0 Å². The van der Waals surface area contributed by atoms with Crippen molar-refractivity contribution in [2.24, 2.45) is 23.7 Å². The molecule has 312 valence electrons. The molecule has 0 saturated carbocycles. The number of carbonyl (C=O) groups excluding carboxylic acids is 4. The standard InChI is InChI=1S/C40H67N5O10/c1-13-24(6)35(44(10)39(51)33(22(2)3)42-38(50)34(23(4)5)43(8)9)31(54-11)20-32(48)45-21-28(47)19-30(45)36(55-12)25(7)37(49)41-29(40(52)53)18-26-14-16-27(46)17-15-26/h14-17,22-25,28-31,33-36,46-47H,13,18-21H2,1-12H3,(H,41,49)(H,42,50)(H,52,53)/t24-,25+,28+,29-,30-,31+,33-,34-,35-,36+/m0/s1. The first kappa shape index (κ1) is 47.4. The molecule has 5 N–H and O–H groups in total. The average molecular weight is 778 g/mol. The number of benzene rings is 1. The molecular weight excluding hydrogens is 710 g/mol. The molecule has 4 amide bonds. The zero-order valence-electron chi connectivity index (χ0n) is 34.8. The van der Waals surface area contributed by atoms with Gasteiger partial charge >= 0.3 is 5.97 Å². The molecule has 0 radical (unpaired) electrons. The molecule has 15 heteroatoms. The van der Waals surface area contributed by atoms with E-state index >= 15 is 0 Å². The molecule has 1 saturated heterocycles. The van der Waals surface area contributed by atoms with Gasteiger partial charge in [0.05, 0.1) is 48.8 Å². The molecule has 15 nitrogen and oxygen atoms in total. The Balaban J connectivity index is 2.32. The summed E-state index contributed by atoms with van der Waals surface area (Å²) >= 11 is 0. The van der Waals surface area contributed by atoms with Crippen molar-refractivity contribution in [1.29, 1.82) is 0 Å². The van der Waals surface area contributed by atoms with Crippen molar-refractivity contribution < 1.29 is 48.8 Å². The number of likely N-dealkylation sites (N-methyl/N-ethyl adjacent to an activating group) is 2. The number of carboxylic acid groups (broad SMARTS) is 1. The summed E-state index contributed by atoms with van der Waals surface area (Å²) in [6, 6.07) is 2.20. The zero-order valence-corrected chi connectivity index (χ0v) is 34.8. The van der Waals surface area contributed by atoms with Crippen LogP contribution < -0.4 is 10.6 Å². The van der Waals surface area contributed by atoms with Crippen LogP contribution in [0.1, 0.15) is 73.3 Å². The fourth-order valence-corrected chi connectivity index (χ4v) is 7.78. The molecule has 2 rings (SSSR count). The first-order chi connectivity index (χ1) is 25.7. The number of hydrogen-bond donors (Lipinski definition) is 5. The number of aliphatic carboxylic acids is 1. The Morgan fingerprint density at radius 3 is 1.98 bits per heavy atom. The summed E-state index contributed by atoms with van der Waals surface area (Å²) in [6.45, 7) is 13.2. The Morgan fingerprint density at radius 1 is 0.909 bits per heavy atom. The maximum absolute atomic E-state index is 14.2. The smallest absolute Gasteiger partial charge is 0.326 e. The predicted molar refractivity (Wildman–Crippen MR) is 208 cm³/mol. The van der Waals surface area contributed by atoms with Gasteiger partial charge in [-0.25, -0.2) is 4.79 Å². The van der Waals surface area contributed by atoms with E-state index in [0.29, 0.717) is 12.0 Å².